The highest BCUT2D eigenvalue weighted by Crippen LogP contribution is 2.27. The van der Waals surface area contributed by atoms with E-state index in [9.17, 15) is 8.42 Å². The maximum atomic E-state index is 11.6. The quantitative estimate of drug-likeness (QED) is 0.635. The molecule has 0 amide bonds. The summed E-state index contributed by atoms with van der Waals surface area (Å²) >= 11 is 0. The minimum absolute atomic E-state index is 0.340. The summed E-state index contributed by atoms with van der Waals surface area (Å²) in [6, 6.07) is 17.6. The number of guanidine groups is 1. The fourth-order valence-electron chi connectivity index (χ4n) is 3.38. The zero-order valence-electron chi connectivity index (χ0n) is 15.9. The number of rotatable bonds is 5. The summed E-state index contributed by atoms with van der Waals surface area (Å²) in [5.41, 5.74) is 2.38. The molecule has 1 aliphatic rings. The van der Waals surface area contributed by atoms with E-state index in [1.165, 1.54) is 11.8 Å². The molecule has 0 aliphatic carbocycles. The Morgan fingerprint density at radius 3 is 2.48 bits per heavy atom. The SMILES string of the molecule is CCNC(=NCc1ccc(S(C)(=O)=O)cc1)N1CCC(c2ccccc2)C1. The lowest BCUT2D eigenvalue weighted by Crippen LogP contribution is -2.40. The molecule has 2 aromatic carbocycles. The molecule has 6 heteroatoms. The van der Waals surface area contributed by atoms with E-state index < -0.39 is 9.84 Å². The van der Waals surface area contributed by atoms with Crippen LogP contribution in [0.4, 0.5) is 0 Å². The molecule has 3 rings (SSSR count). The van der Waals surface area contributed by atoms with Gasteiger partial charge < -0.3 is 10.2 Å². The minimum Gasteiger partial charge on any atom is -0.357 e. The predicted molar refractivity (Wildman–Crippen MR) is 110 cm³/mol. The Labute approximate surface area is 162 Å². The molecule has 0 aromatic heterocycles. The lowest BCUT2D eigenvalue weighted by Gasteiger charge is -2.22. The van der Waals surface area contributed by atoms with Crippen molar-refractivity contribution in [3.63, 3.8) is 0 Å². The number of likely N-dealkylation sites (tertiary alicyclic amines) is 1. The van der Waals surface area contributed by atoms with Gasteiger partial charge in [-0.15, -0.1) is 0 Å². The first-order valence-electron chi connectivity index (χ1n) is 9.34. The second-order valence-electron chi connectivity index (χ2n) is 6.93. The van der Waals surface area contributed by atoms with Gasteiger partial charge in [0.05, 0.1) is 11.4 Å². The molecule has 144 valence electrons. The molecule has 1 heterocycles. The van der Waals surface area contributed by atoms with Crippen LogP contribution in [0.5, 0.6) is 0 Å². The van der Waals surface area contributed by atoms with Crippen molar-refractivity contribution in [1.82, 2.24) is 10.2 Å². The first-order chi connectivity index (χ1) is 13.0. The van der Waals surface area contributed by atoms with E-state index in [1.807, 2.05) is 12.1 Å². The second kappa shape index (κ2) is 8.57. The van der Waals surface area contributed by atoms with Gasteiger partial charge >= 0.3 is 0 Å². The molecule has 1 saturated heterocycles. The summed E-state index contributed by atoms with van der Waals surface area (Å²) < 4.78 is 23.1. The van der Waals surface area contributed by atoms with Crippen molar-refractivity contribution >= 4 is 15.8 Å². The Kier molecular flexibility index (Phi) is 6.16. The van der Waals surface area contributed by atoms with Crippen LogP contribution < -0.4 is 5.32 Å². The van der Waals surface area contributed by atoms with Crippen LogP contribution in [0.2, 0.25) is 0 Å². The summed E-state index contributed by atoms with van der Waals surface area (Å²) in [6.45, 7) is 5.36. The predicted octanol–water partition coefficient (Wildman–Crippen LogP) is 3.05. The topological polar surface area (TPSA) is 61.8 Å². The number of nitrogens with zero attached hydrogens (tertiary/aromatic N) is 2. The average molecular weight is 386 g/mol. The van der Waals surface area contributed by atoms with E-state index in [2.05, 4.69) is 47.5 Å². The molecule has 27 heavy (non-hydrogen) atoms. The van der Waals surface area contributed by atoms with Gasteiger partial charge in [-0.3, -0.25) is 0 Å². The van der Waals surface area contributed by atoms with Gasteiger partial charge in [0.25, 0.3) is 0 Å². The Morgan fingerprint density at radius 1 is 1.15 bits per heavy atom. The largest absolute Gasteiger partial charge is 0.357 e. The van der Waals surface area contributed by atoms with Crippen molar-refractivity contribution in [3.8, 4) is 0 Å². The maximum absolute atomic E-state index is 11.6. The van der Waals surface area contributed by atoms with Crippen molar-refractivity contribution in [2.75, 3.05) is 25.9 Å². The van der Waals surface area contributed by atoms with Crippen LogP contribution in [-0.2, 0) is 16.4 Å². The molecule has 1 atom stereocenters. The van der Waals surface area contributed by atoms with E-state index in [0.717, 1.165) is 37.6 Å². The summed E-state index contributed by atoms with van der Waals surface area (Å²) in [5, 5.41) is 3.38. The van der Waals surface area contributed by atoms with Gasteiger partial charge in [-0.1, -0.05) is 42.5 Å². The zero-order chi connectivity index (χ0) is 19.3. The molecule has 1 fully saturated rings. The van der Waals surface area contributed by atoms with Crippen LogP contribution in [0.1, 0.15) is 30.4 Å². The third kappa shape index (κ3) is 5.10. The minimum atomic E-state index is -3.16. The molecule has 0 spiro atoms. The second-order valence-corrected chi connectivity index (χ2v) is 8.94. The highest BCUT2D eigenvalue weighted by molar-refractivity contribution is 7.90. The van der Waals surface area contributed by atoms with Crippen molar-refractivity contribution in [2.45, 2.75) is 30.7 Å². The van der Waals surface area contributed by atoms with Gasteiger partial charge in [0.1, 0.15) is 0 Å². The molecular formula is C21H27N3O2S. The molecule has 1 unspecified atom stereocenters. The van der Waals surface area contributed by atoms with Crippen molar-refractivity contribution in [2.24, 2.45) is 4.99 Å². The third-order valence-corrected chi connectivity index (χ3v) is 5.99. The number of aliphatic imine (C=N–C) groups is 1. The third-order valence-electron chi connectivity index (χ3n) is 4.86. The fraction of sp³-hybridized carbons (Fsp3) is 0.381. The normalized spacial score (nSPS) is 17.9. The van der Waals surface area contributed by atoms with Gasteiger partial charge in [0, 0.05) is 31.8 Å². The zero-order valence-corrected chi connectivity index (χ0v) is 16.7. The first-order valence-corrected chi connectivity index (χ1v) is 11.2. The van der Waals surface area contributed by atoms with Crippen LogP contribution >= 0.6 is 0 Å². The molecule has 0 bridgehead atoms. The monoisotopic (exact) mass is 385 g/mol. The molecule has 0 radical (unpaired) electrons. The van der Waals surface area contributed by atoms with Crippen molar-refractivity contribution < 1.29 is 8.42 Å². The summed E-state index contributed by atoms with van der Waals surface area (Å²) in [4.78, 5) is 7.42. The number of hydrogen-bond acceptors (Lipinski definition) is 3. The number of benzene rings is 2. The standard InChI is InChI=1S/C21H27N3O2S/c1-3-22-21(23-15-17-9-11-20(12-10-17)27(2,25)26)24-14-13-19(16-24)18-7-5-4-6-8-18/h4-12,19H,3,13-16H2,1-2H3,(H,22,23). The van der Waals surface area contributed by atoms with Gasteiger partial charge in [-0.25, -0.2) is 13.4 Å². The summed E-state index contributed by atoms with van der Waals surface area (Å²) in [5.74, 6) is 1.45. The Hall–Kier alpha value is -2.34. The Morgan fingerprint density at radius 2 is 1.85 bits per heavy atom. The summed E-state index contributed by atoms with van der Waals surface area (Å²) in [7, 11) is -3.16. The average Bonchev–Trinajstić information content (AvgIpc) is 3.15. The highest BCUT2D eigenvalue weighted by Gasteiger charge is 2.25. The summed E-state index contributed by atoms with van der Waals surface area (Å²) in [6.07, 6.45) is 2.34. The lowest BCUT2D eigenvalue weighted by molar-refractivity contribution is 0.486. The van der Waals surface area contributed by atoms with E-state index in [4.69, 9.17) is 4.99 Å². The first kappa shape index (κ1) is 19.4. The fourth-order valence-corrected chi connectivity index (χ4v) is 4.01. The van der Waals surface area contributed by atoms with Crippen LogP contribution in [0.25, 0.3) is 0 Å². The molecule has 2 aromatic rings. The number of sulfone groups is 1. The molecule has 1 aliphatic heterocycles. The van der Waals surface area contributed by atoms with Crippen LogP contribution in [0, 0.1) is 0 Å². The molecule has 1 N–H and O–H groups in total. The van der Waals surface area contributed by atoms with Gasteiger partial charge in [0.15, 0.2) is 15.8 Å². The molecular weight excluding hydrogens is 358 g/mol. The highest BCUT2D eigenvalue weighted by atomic mass is 32.2. The number of nitrogens with one attached hydrogen (secondary N) is 1. The van der Waals surface area contributed by atoms with Crippen molar-refractivity contribution in [1.29, 1.82) is 0 Å². The van der Waals surface area contributed by atoms with E-state index >= 15 is 0 Å². The smallest absolute Gasteiger partial charge is 0.194 e. The lowest BCUT2D eigenvalue weighted by atomic mass is 9.99. The van der Waals surface area contributed by atoms with Gasteiger partial charge in [-0.2, -0.15) is 0 Å². The van der Waals surface area contributed by atoms with Crippen LogP contribution in [0.3, 0.4) is 0 Å². The van der Waals surface area contributed by atoms with Gasteiger partial charge in [-0.05, 0) is 36.6 Å². The van der Waals surface area contributed by atoms with Crippen LogP contribution in [0.15, 0.2) is 64.5 Å². The van der Waals surface area contributed by atoms with E-state index in [-0.39, 0.29) is 0 Å². The molecule has 5 nitrogen and oxygen atoms in total. The number of hydrogen-bond donors (Lipinski definition) is 1. The van der Waals surface area contributed by atoms with E-state index in [1.54, 1.807) is 12.1 Å². The Balaban J connectivity index is 1.68. The van der Waals surface area contributed by atoms with E-state index in [0.29, 0.717) is 17.4 Å². The van der Waals surface area contributed by atoms with Gasteiger partial charge in [0.2, 0.25) is 0 Å². The maximum Gasteiger partial charge on any atom is 0.194 e. The van der Waals surface area contributed by atoms with Crippen LogP contribution in [-0.4, -0.2) is 45.2 Å². The van der Waals surface area contributed by atoms with Crippen molar-refractivity contribution in [3.05, 3.63) is 65.7 Å². The molecule has 0 saturated carbocycles. The Bertz CT molecular complexity index is 877.